The van der Waals surface area contributed by atoms with Crippen LogP contribution in [0.3, 0.4) is 0 Å². The van der Waals surface area contributed by atoms with Gasteiger partial charge in [-0.05, 0) is 0 Å². The third-order valence-electron chi connectivity index (χ3n) is 2.60. The van der Waals surface area contributed by atoms with Gasteiger partial charge in [-0.2, -0.15) is 0 Å². The van der Waals surface area contributed by atoms with Crippen LogP contribution in [0.1, 0.15) is 0 Å². The first kappa shape index (κ1) is 31.9. The zero-order valence-electron chi connectivity index (χ0n) is 14.0. The van der Waals surface area contributed by atoms with Crippen LogP contribution in [0.2, 0.25) is 0 Å². The Labute approximate surface area is 165 Å². The molecule has 0 unspecified atom stereocenters. The molecule has 0 spiro atoms. The van der Waals surface area contributed by atoms with Crippen molar-refractivity contribution < 1.29 is 101 Å². The summed E-state index contributed by atoms with van der Waals surface area (Å²) in [6, 6.07) is 0. The van der Waals surface area contributed by atoms with Crippen LogP contribution in [0.15, 0.2) is 0 Å². The van der Waals surface area contributed by atoms with Crippen LogP contribution in [-0.2, 0) is 13.6 Å². The number of hydrogen-bond acceptors (Lipinski definition) is 3. The molecule has 0 aromatic rings. The maximum absolute atomic E-state index is 14.2. The summed E-state index contributed by atoms with van der Waals surface area (Å²) in [6.07, 6.45) is -62.6. The molecular weight excluding hydrogens is 567 g/mol. The molecule has 0 rings (SSSR count). The van der Waals surface area contributed by atoms with Crippen molar-refractivity contribution in [2.24, 2.45) is 0 Å². The fraction of sp³-hybridized carbons (Fsp3) is 1.00. The molecule has 0 bridgehead atoms. The van der Waals surface area contributed by atoms with E-state index < -0.39 is 63.3 Å². The van der Waals surface area contributed by atoms with Crippen LogP contribution in [-0.4, -0.2) is 55.4 Å². The van der Waals surface area contributed by atoms with E-state index in [1.165, 1.54) is 0 Å². The predicted molar refractivity (Wildman–Crippen MR) is 60.1 cm³/mol. The van der Waals surface area contributed by atoms with E-state index in [1.807, 2.05) is 0 Å². The number of hydrogen-bond donors (Lipinski definition) is 0. The van der Waals surface area contributed by atoms with Crippen LogP contribution >= 0.6 is 7.91 Å². The van der Waals surface area contributed by atoms with E-state index >= 15 is 0 Å². The zero-order chi connectivity index (χ0) is 27.3. The van der Waals surface area contributed by atoms with E-state index in [2.05, 4.69) is 0 Å². The van der Waals surface area contributed by atoms with Gasteiger partial charge in [0.2, 0.25) is 0 Å². The first-order valence-corrected chi connectivity index (χ1v) is 8.50. The van der Waals surface area contributed by atoms with Gasteiger partial charge in [0.15, 0.2) is 0 Å². The van der Waals surface area contributed by atoms with Crippen molar-refractivity contribution in [2.75, 3.05) is 0 Å². The molecule has 33 heavy (non-hydrogen) atoms. The van der Waals surface area contributed by atoms with E-state index in [0.29, 0.717) is 0 Å². The summed E-state index contributed by atoms with van der Waals surface area (Å²) in [5.41, 5.74) is 0. The minimum absolute atomic E-state index is 1.70. The van der Waals surface area contributed by atoms with Gasteiger partial charge in [-0.1, -0.05) is 0 Å². The predicted octanol–water partition coefficient (Wildman–Crippen LogP) is 7.58. The van der Waals surface area contributed by atoms with E-state index in [0.717, 1.165) is 0 Å². The van der Waals surface area contributed by atoms with Crippen LogP contribution in [0.4, 0.5) is 87.4 Å². The van der Waals surface area contributed by atoms with Gasteiger partial charge in [-0.15, -0.1) is 0 Å². The Hall–Kier alpha value is -1.09. The minimum atomic E-state index is -10.9. The Balaban J connectivity index is 7.02. The SMILES string of the molecule is FC(F)(F)C(OP(F)(F)(OC(C(F)(F)F)C(F)(F)F)OC(C(F)(F)F)C(F)(F)F)C(F)(F)F. The molecule has 0 aliphatic heterocycles. The number of halogens is 20. The van der Waals surface area contributed by atoms with Gasteiger partial charge in [0, 0.05) is 0 Å². The van der Waals surface area contributed by atoms with Crippen molar-refractivity contribution in [3.8, 4) is 0 Å². The maximum atomic E-state index is 14.2. The molecule has 24 heteroatoms. The van der Waals surface area contributed by atoms with E-state index in [-0.39, 0.29) is 0 Å². The third-order valence-corrected chi connectivity index (χ3v) is 4.22. The summed E-state index contributed by atoms with van der Waals surface area (Å²) >= 11 is 0. The molecule has 0 atom stereocenters. The van der Waals surface area contributed by atoms with Gasteiger partial charge in [-0.25, -0.2) is 0 Å². The quantitative estimate of drug-likeness (QED) is 0.244. The molecule has 0 saturated heterocycles. The zero-order valence-corrected chi connectivity index (χ0v) is 14.9. The van der Waals surface area contributed by atoms with E-state index in [4.69, 9.17) is 0 Å². The summed E-state index contributed by atoms with van der Waals surface area (Å²) in [4.78, 5) is 0. The second-order valence-electron chi connectivity index (χ2n) is 5.41. The fourth-order valence-electron chi connectivity index (χ4n) is 1.49. The average molecular weight is 570 g/mol. The Morgan fingerprint density at radius 3 is 0.545 bits per heavy atom. The topological polar surface area (TPSA) is 27.7 Å². The van der Waals surface area contributed by atoms with Gasteiger partial charge in [-0.3, -0.25) is 0 Å². The number of rotatable bonds is 6. The molecule has 3 nitrogen and oxygen atoms in total. The fourth-order valence-corrected chi connectivity index (χ4v) is 3.35. The molecule has 0 radical (unpaired) electrons. The van der Waals surface area contributed by atoms with Crippen molar-refractivity contribution in [3.63, 3.8) is 0 Å². The van der Waals surface area contributed by atoms with Gasteiger partial charge in [0.1, 0.15) is 0 Å². The normalized spacial score (nSPS) is 17.1. The summed E-state index contributed by atoms with van der Waals surface area (Å²) in [7, 11) is -10.9. The van der Waals surface area contributed by atoms with E-state index in [9.17, 15) is 87.4 Å². The molecule has 202 valence electrons. The van der Waals surface area contributed by atoms with Crippen molar-refractivity contribution in [2.45, 2.75) is 55.4 Å². The second kappa shape index (κ2) is 8.54. The summed E-state index contributed by atoms with van der Waals surface area (Å²) in [5, 5.41) is 0. The molecule has 0 aromatic heterocycles. The molecule has 0 aliphatic carbocycles. The third kappa shape index (κ3) is 9.23. The monoisotopic (exact) mass is 570 g/mol. The van der Waals surface area contributed by atoms with Gasteiger partial charge < -0.3 is 0 Å². The molecule has 0 heterocycles. The van der Waals surface area contributed by atoms with Crippen molar-refractivity contribution >= 4 is 7.91 Å². The molecule has 0 amide bonds. The molecule has 0 fully saturated rings. The summed E-state index contributed by atoms with van der Waals surface area (Å²) in [5.74, 6) is 0. The van der Waals surface area contributed by atoms with Gasteiger partial charge in [0.25, 0.3) is 0 Å². The summed E-state index contributed by atoms with van der Waals surface area (Å²) in [6.45, 7) is 0. The molecule has 0 aliphatic rings. The second-order valence-corrected chi connectivity index (χ2v) is 7.44. The molecule has 0 saturated carbocycles. The Morgan fingerprint density at radius 2 is 0.455 bits per heavy atom. The Bertz CT molecular complexity index is 531. The molecule has 0 N–H and O–H groups in total. The average Bonchev–Trinajstić information content (AvgIpc) is 2.42. The first-order valence-electron chi connectivity index (χ1n) is 6.73. The van der Waals surface area contributed by atoms with Crippen molar-refractivity contribution in [1.82, 2.24) is 0 Å². The van der Waals surface area contributed by atoms with Crippen LogP contribution < -0.4 is 0 Å². The van der Waals surface area contributed by atoms with Crippen molar-refractivity contribution in [3.05, 3.63) is 0 Å². The first-order chi connectivity index (χ1) is 13.8. The Kier molecular flexibility index (Phi) is 8.26. The van der Waals surface area contributed by atoms with Crippen LogP contribution in [0.25, 0.3) is 0 Å². The summed E-state index contributed by atoms with van der Waals surface area (Å²) < 4.78 is 256. The molecular formula is C9H3F20O3P. The standard InChI is InChI=1S/C9H3F20O3P/c10-4(11,12)1(5(13,14)15)30-33(28,29,31-2(6(16,17)18)7(19,20)21)32-3(8(22,23)24)9(25,26)27/h1-3H. The Morgan fingerprint density at radius 1 is 0.333 bits per heavy atom. The van der Waals surface area contributed by atoms with Crippen LogP contribution in [0.5, 0.6) is 0 Å². The van der Waals surface area contributed by atoms with Crippen LogP contribution in [0, 0.1) is 0 Å². The van der Waals surface area contributed by atoms with Gasteiger partial charge >= 0.3 is 164 Å². The molecule has 0 aromatic carbocycles. The number of alkyl halides is 18. The van der Waals surface area contributed by atoms with Crippen molar-refractivity contribution in [1.29, 1.82) is 0 Å². The van der Waals surface area contributed by atoms with E-state index in [1.54, 1.807) is 13.6 Å². The van der Waals surface area contributed by atoms with Gasteiger partial charge in [0.05, 0.1) is 0 Å².